The number of nitrogens with one attached hydrogen (secondary N) is 1. The normalized spacial score (nSPS) is 12.8. The van der Waals surface area contributed by atoms with Crippen molar-refractivity contribution in [1.82, 2.24) is 0 Å². The van der Waals surface area contributed by atoms with Gasteiger partial charge in [0.2, 0.25) is 0 Å². The van der Waals surface area contributed by atoms with Gasteiger partial charge in [-0.2, -0.15) is 18.4 Å². The Morgan fingerprint density at radius 1 is 1.37 bits per heavy atom. The van der Waals surface area contributed by atoms with Crippen LogP contribution >= 0.6 is 0 Å². The van der Waals surface area contributed by atoms with E-state index in [1.807, 2.05) is 0 Å². The van der Waals surface area contributed by atoms with Gasteiger partial charge in [-0.25, -0.2) is 4.39 Å². The fraction of sp³-hybridized carbons (Fsp3) is 0.462. The van der Waals surface area contributed by atoms with E-state index < -0.39 is 18.4 Å². The average Bonchev–Trinajstić information content (AvgIpc) is 2.27. The van der Waals surface area contributed by atoms with Gasteiger partial charge in [0.15, 0.2) is 0 Å². The van der Waals surface area contributed by atoms with Crippen molar-refractivity contribution in [1.29, 1.82) is 5.26 Å². The molecule has 0 aromatic heterocycles. The Labute approximate surface area is 109 Å². The van der Waals surface area contributed by atoms with Crippen molar-refractivity contribution in [2.75, 3.05) is 5.32 Å². The number of hydrogen-bond acceptors (Lipinski definition) is 2. The van der Waals surface area contributed by atoms with E-state index in [4.69, 9.17) is 5.26 Å². The number of halogens is 4. The molecular formula is C13H14F4N2. The third-order valence-corrected chi connectivity index (χ3v) is 2.62. The lowest BCUT2D eigenvalue weighted by atomic mass is 10.1. The predicted octanol–water partition coefficient (Wildman–Crippen LogP) is 4.23. The highest BCUT2D eigenvalue weighted by atomic mass is 19.4. The third-order valence-electron chi connectivity index (χ3n) is 2.62. The van der Waals surface area contributed by atoms with E-state index in [0.717, 1.165) is 6.07 Å². The maximum Gasteiger partial charge on any atom is 0.389 e. The highest BCUT2D eigenvalue weighted by Gasteiger charge is 2.26. The molecule has 0 heterocycles. The number of rotatable bonds is 5. The molecule has 0 spiro atoms. The van der Waals surface area contributed by atoms with Gasteiger partial charge in [0.1, 0.15) is 17.4 Å². The van der Waals surface area contributed by atoms with E-state index in [2.05, 4.69) is 5.32 Å². The lowest BCUT2D eigenvalue weighted by molar-refractivity contribution is -0.135. The second kappa shape index (κ2) is 6.41. The van der Waals surface area contributed by atoms with Crippen LogP contribution in [-0.4, -0.2) is 12.2 Å². The van der Waals surface area contributed by atoms with Gasteiger partial charge in [0.25, 0.3) is 0 Å². The van der Waals surface area contributed by atoms with E-state index in [0.29, 0.717) is 12.1 Å². The molecule has 0 aliphatic heterocycles. The van der Waals surface area contributed by atoms with Gasteiger partial charge in [-0.15, -0.1) is 0 Å². The SMILES string of the molecule is CC(CCCC(F)(F)F)Nc1cccc(F)c1C#N. The van der Waals surface area contributed by atoms with Crippen LogP contribution in [0.25, 0.3) is 0 Å². The molecule has 0 bridgehead atoms. The van der Waals surface area contributed by atoms with Crippen LogP contribution in [0.1, 0.15) is 31.7 Å². The van der Waals surface area contributed by atoms with Crippen molar-refractivity contribution in [2.24, 2.45) is 0 Å². The van der Waals surface area contributed by atoms with Gasteiger partial charge >= 0.3 is 6.18 Å². The zero-order valence-corrected chi connectivity index (χ0v) is 10.4. The fourth-order valence-electron chi connectivity index (χ4n) is 1.70. The van der Waals surface area contributed by atoms with Crippen molar-refractivity contribution in [3.63, 3.8) is 0 Å². The van der Waals surface area contributed by atoms with Crippen LogP contribution in [0.3, 0.4) is 0 Å². The van der Waals surface area contributed by atoms with Gasteiger partial charge in [-0.3, -0.25) is 0 Å². The van der Waals surface area contributed by atoms with Crippen LogP contribution in [0, 0.1) is 17.1 Å². The molecule has 19 heavy (non-hydrogen) atoms. The average molecular weight is 274 g/mol. The van der Waals surface area contributed by atoms with Gasteiger partial charge < -0.3 is 5.32 Å². The van der Waals surface area contributed by atoms with Crippen molar-refractivity contribution in [3.05, 3.63) is 29.6 Å². The highest BCUT2D eigenvalue weighted by molar-refractivity contribution is 5.58. The summed E-state index contributed by atoms with van der Waals surface area (Å²) in [6.45, 7) is 1.70. The summed E-state index contributed by atoms with van der Waals surface area (Å²) in [4.78, 5) is 0. The second-order valence-electron chi connectivity index (χ2n) is 4.33. The number of nitrogens with zero attached hydrogens (tertiary/aromatic N) is 1. The Kier molecular flexibility index (Phi) is 5.16. The van der Waals surface area contributed by atoms with Crippen LogP contribution in [-0.2, 0) is 0 Å². The molecule has 1 aromatic carbocycles. The molecule has 1 rings (SSSR count). The van der Waals surface area contributed by atoms with Crippen LogP contribution in [0.2, 0.25) is 0 Å². The summed E-state index contributed by atoms with van der Waals surface area (Å²) in [5, 5.41) is 11.7. The largest absolute Gasteiger partial charge is 0.389 e. The first kappa shape index (κ1) is 15.3. The summed E-state index contributed by atoms with van der Waals surface area (Å²) < 4.78 is 49.3. The molecule has 1 atom stereocenters. The van der Waals surface area contributed by atoms with E-state index >= 15 is 0 Å². The first-order valence-electron chi connectivity index (χ1n) is 5.85. The molecule has 1 unspecified atom stereocenters. The minimum atomic E-state index is -4.16. The lowest BCUT2D eigenvalue weighted by Crippen LogP contribution is -2.17. The summed E-state index contributed by atoms with van der Waals surface area (Å²) >= 11 is 0. The van der Waals surface area contributed by atoms with Crippen LogP contribution in [0.15, 0.2) is 18.2 Å². The molecule has 6 heteroatoms. The zero-order chi connectivity index (χ0) is 14.5. The smallest absolute Gasteiger partial charge is 0.381 e. The molecule has 2 nitrogen and oxygen atoms in total. The first-order chi connectivity index (χ1) is 8.83. The van der Waals surface area contributed by atoms with E-state index in [1.54, 1.807) is 13.0 Å². The molecule has 0 aliphatic rings. The van der Waals surface area contributed by atoms with Crippen molar-refractivity contribution in [3.8, 4) is 6.07 Å². The van der Waals surface area contributed by atoms with E-state index in [1.165, 1.54) is 12.1 Å². The molecule has 1 N–H and O–H groups in total. The number of nitriles is 1. The van der Waals surface area contributed by atoms with Crippen LogP contribution in [0.4, 0.5) is 23.2 Å². The highest BCUT2D eigenvalue weighted by Crippen LogP contribution is 2.24. The summed E-state index contributed by atoms with van der Waals surface area (Å²) in [6, 6.07) is 5.60. The van der Waals surface area contributed by atoms with Crippen LogP contribution < -0.4 is 5.32 Å². The van der Waals surface area contributed by atoms with E-state index in [9.17, 15) is 17.6 Å². The number of hydrogen-bond donors (Lipinski definition) is 1. The zero-order valence-electron chi connectivity index (χ0n) is 10.4. The maximum atomic E-state index is 13.3. The minimum absolute atomic E-state index is 0.00509. The predicted molar refractivity (Wildman–Crippen MR) is 64.1 cm³/mol. The van der Waals surface area contributed by atoms with E-state index in [-0.39, 0.29) is 18.0 Å². The lowest BCUT2D eigenvalue weighted by Gasteiger charge is -2.16. The van der Waals surface area contributed by atoms with Crippen molar-refractivity contribution >= 4 is 5.69 Å². The third kappa shape index (κ3) is 5.16. The molecule has 104 valence electrons. The summed E-state index contributed by atoms with van der Waals surface area (Å²) in [5.41, 5.74) is 0.187. The summed E-state index contributed by atoms with van der Waals surface area (Å²) in [7, 11) is 0. The summed E-state index contributed by atoms with van der Waals surface area (Å²) in [6.07, 6.45) is -4.71. The Balaban J connectivity index is 2.56. The fourth-order valence-corrected chi connectivity index (χ4v) is 1.70. The molecular weight excluding hydrogens is 260 g/mol. The first-order valence-corrected chi connectivity index (χ1v) is 5.85. The number of anilines is 1. The molecule has 0 saturated heterocycles. The topological polar surface area (TPSA) is 35.8 Å². The molecule has 0 aliphatic carbocycles. The molecule has 1 aromatic rings. The van der Waals surface area contributed by atoms with Gasteiger partial charge in [-0.05, 0) is 31.9 Å². The Hall–Kier alpha value is -1.77. The standard InChI is InChI=1S/C13H14F4N2/c1-9(4-3-7-13(15,16)17)19-12-6-2-5-11(14)10(12)8-18/h2,5-6,9,19H,3-4,7H2,1H3. The van der Waals surface area contributed by atoms with Crippen molar-refractivity contribution < 1.29 is 17.6 Å². The molecule has 0 radical (unpaired) electrons. The van der Waals surface area contributed by atoms with Crippen molar-refractivity contribution in [2.45, 2.75) is 38.4 Å². The Morgan fingerprint density at radius 2 is 2.05 bits per heavy atom. The maximum absolute atomic E-state index is 13.3. The van der Waals surface area contributed by atoms with Gasteiger partial charge in [0, 0.05) is 12.5 Å². The molecule has 0 fully saturated rings. The van der Waals surface area contributed by atoms with Gasteiger partial charge in [-0.1, -0.05) is 6.07 Å². The number of benzene rings is 1. The second-order valence-corrected chi connectivity index (χ2v) is 4.33. The van der Waals surface area contributed by atoms with Gasteiger partial charge in [0.05, 0.1) is 5.69 Å². The van der Waals surface area contributed by atoms with Crippen LogP contribution in [0.5, 0.6) is 0 Å². The number of alkyl halides is 3. The molecule has 0 amide bonds. The Bertz CT molecular complexity index is 463. The quantitative estimate of drug-likeness (QED) is 0.815. The summed E-state index contributed by atoms with van der Waals surface area (Å²) in [5.74, 6) is -0.644. The Morgan fingerprint density at radius 3 is 2.63 bits per heavy atom. The minimum Gasteiger partial charge on any atom is -0.381 e. The monoisotopic (exact) mass is 274 g/mol. The molecule has 0 saturated carbocycles.